The first kappa shape index (κ1) is 21.4. The van der Waals surface area contributed by atoms with E-state index in [1.807, 2.05) is 13.8 Å². The van der Waals surface area contributed by atoms with Gasteiger partial charge in [-0.2, -0.15) is 0 Å². The van der Waals surface area contributed by atoms with Crippen molar-refractivity contribution < 1.29 is 14.4 Å². The van der Waals surface area contributed by atoms with Crippen LogP contribution in [-0.4, -0.2) is 37.2 Å². The number of allylic oxidation sites excluding steroid dienone is 3. The first-order chi connectivity index (χ1) is 12.9. The molecule has 0 fully saturated rings. The van der Waals surface area contributed by atoms with Gasteiger partial charge in [-0.25, -0.2) is 0 Å². The number of carbonyl (C=O) groups excluding carboxylic acids is 1. The maximum atomic E-state index is 12.9. The predicted octanol–water partition coefficient (Wildman–Crippen LogP) is 5.48. The zero-order chi connectivity index (χ0) is 20.0. The van der Waals surface area contributed by atoms with E-state index >= 15 is 0 Å². The van der Waals surface area contributed by atoms with Crippen LogP contribution in [0.1, 0.15) is 44.0 Å². The lowest BCUT2D eigenvalue weighted by Gasteiger charge is -2.21. The van der Waals surface area contributed by atoms with E-state index in [4.69, 9.17) is 21.2 Å². The summed E-state index contributed by atoms with van der Waals surface area (Å²) >= 11 is 7.60. The van der Waals surface area contributed by atoms with E-state index in [0.717, 1.165) is 40.7 Å². The first-order valence-electron chi connectivity index (χ1n) is 8.76. The fourth-order valence-corrected chi connectivity index (χ4v) is 4.13. The monoisotopic (exact) mass is 408 g/mol. The van der Waals surface area contributed by atoms with E-state index in [2.05, 4.69) is 17.0 Å². The smallest absolute Gasteiger partial charge is 0.192 e. The molecule has 0 radical (unpaired) electrons. The SMILES string of the molecule is CCCCN1C(C)=C(/C(C)=N/OC)S/C1=C\C(=O)c1cc(Cl)ccc1OC. The van der Waals surface area contributed by atoms with Gasteiger partial charge in [-0.1, -0.05) is 41.9 Å². The second kappa shape index (κ2) is 9.85. The molecule has 27 heavy (non-hydrogen) atoms. The molecular formula is C20H25ClN2O3S. The third kappa shape index (κ3) is 5.08. The Hall–Kier alpha value is -1.92. The van der Waals surface area contributed by atoms with Gasteiger partial charge in [0.15, 0.2) is 5.78 Å². The molecule has 1 aliphatic heterocycles. The molecule has 0 aliphatic carbocycles. The Balaban J connectivity index is 2.39. The highest BCUT2D eigenvalue weighted by Crippen LogP contribution is 2.42. The summed E-state index contributed by atoms with van der Waals surface area (Å²) in [6.45, 7) is 6.92. The zero-order valence-corrected chi connectivity index (χ0v) is 17.9. The van der Waals surface area contributed by atoms with E-state index in [1.165, 1.54) is 18.9 Å². The summed E-state index contributed by atoms with van der Waals surface area (Å²) in [5.74, 6) is 0.361. The second-order valence-corrected chi connectivity index (χ2v) is 7.54. The summed E-state index contributed by atoms with van der Waals surface area (Å²) in [5, 5.41) is 5.41. The Bertz CT molecular complexity index is 802. The number of ether oxygens (including phenoxy) is 1. The fraction of sp³-hybridized carbons (Fsp3) is 0.400. The predicted molar refractivity (Wildman–Crippen MR) is 112 cm³/mol. The van der Waals surface area contributed by atoms with Crippen molar-refractivity contribution in [2.75, 3.05) is 20.8 Å². The van der Waals surface area contributed by atoms with Crippen LogP contribution in [-0.2, 0) is 4.84 Å². The van der Waals surface area contributed by atoms with Gasteiger partial charge in [0.1, 0.15) is 12.9 Å². The van der Waals surface area contributed by atoms with Gasteiger partial charge in [-0.15, -0.1) is 0 Å². The number of halogens is 1. The normalized spacial score (nSPS) is 16.3. The number of hydrogen-bond donors (Lipinski definition) is 0. The highest BCUT2D eigenvalue weighted by atomic mass is 35.5. The maximum Gasteiger partial charge on any atom is 0.192 e. The molecule has 0 aromatic heterocycles. The molecule has 0 atom stereocenters. The van der Waals surface area contributed by atoms with E-state index in [9.17, 15) is 4.79 Å². The summed E-state index contributed by atoms with van der Waals surface area (Å²) < 4.78 is 5.31. The molecular weight excluding hydrogens is 384 g/mol. The zero-order valence-electron chi connectivity index (χ0n) is 16.3. The molecule has 2 rings (SSSR count). The van der Waals surface area contributed by atoms with Gasteiger partial charge in [0.25, 0.3) is 0 Å². The van der Waals surface area contributed by atoms with Crippen molar-refractivity contribution >= 4 is 34.9 Å². The summed E-state index contributed by atoms with van der Waals surface area (Å²) in [5.41, 5.74) is 2.31. The lowest BCUT2D eigenvalue weighted by Crippen LogP contribution is -2.18. The lowest BCUT2D eigenvalue weighted by atomic mass is 10.1. The molecule has 1 aromatic carbocycles. The van der Waals surface area contributed by atoms with Crippen LogP contribution in [0.5, 0.6) is 5.75 Å². The van der Waals surface area contributed by atoms with Gasteiger partial charge < -0.3 is 14.5 Å². The van der Waals surface area contributed by atoms with Crippen LogP contribution < -0.4 is 4.74 Å². The molecule has 0 bridgehead atoms. The topological polar surface area (TPSA) is 51.1 Å². The Morgan fingerprint density at radius 2 is 2.11 bits per heavy atom. The highest BCUT2D eigenvalue weighted by Gasteiger charge is 2.28. The van der Waals surface area contributed by atoms with Gasteiger partial charge >= 0.3 is 0 Å². The van der Waals surface area contributed by atoms with Crippen molar-refractivity contribution in [1.29, 1.82) is 0 Å². The molecule has 146 valence electrons. The van der Waals surface area contributed by atoms with Gasteiger partial charge in [-0.3, -0.25) is 4.79 Å². The highest BCUT2D eigenvalue weighted by molar-refractivity contribution is 8.07. The third-order valence-corrected chi connectivity index (χ3v) is 5.76. The lowest BCUT2D eigenvalue weighted by molar-refractivity contribution is 0.104. The van der Waals surface area contributed by atoms with Crippen molar-refractivity contribution in [3.8, 4) is 5.75 Å². The Labute approximate surface area is 170 Å². The number of thioether (sulfide) groups is 1. The van der Waals surface area contributed by atoms with E-state index < -0.39 is 0 Å². The van der Waals surface area contributed by atoms with Crippen LogP contribution >= 0.6 is 23.4 Å². The second-order valence-electron chi connectivity index (χ2n) is 6.07. The molecule has 0 amide bonds. The Kier molecular flexibility index (Phi) is 7.80. The molecule has 1 aromatic rings. The number of ketones is 1. The quantitative estimate of drug-likeness (QED) is 0.247. The first-order valence-corrected chi connectivity index (χ1v) is 9.96. The van der Waals surface area contributed by atoms with Crippen LogP contribution in [0.2, 0.25) is 5.02 Å². The van der Waals surface area contributed by atoms with E-state index in [1.54, 1.807) is 31.4 Å². The molecule has 0 spiro atoms. The van der Waals surface area contributed by atoms with Crippen molar-refractivity contribution in [2.45, 2.75) is 33.6 Å². The summed E-state index contributed by atoms with van der Waals surface area (Å²) in [4.78, 5) is 21.0. The van der Waals surface area contributed by atoms with Gasteiger partial charge in [0.05, 0.1) is 28.3 Å². The molecule has 0 unspecified atom stereocenters. The van der Waals surface area contributed by atoms with Crippen LogP contribution in [0.25, 0.3) is 0 Å². The number of benzene rings is 1. The molecule has 7 heteroatoms. The molecule has 1 heterocycles. The number of oxime groups is 1. The maximum absolute atomic E-state index is 12.9. The number of carbonyl (C=O) groups is 1. The van der Waals surface area contributed by atoms with Crippen molar-refractivity contribution in [3.05, 3.63) is 50.5 Å². The molecule has 1 aliphatic rings. The van der Waals surface area contributed by atoms with Crippen LogP contribution in [0, 0.1) is 0 Å². The van der Waals surface area contributed by atoms with Gasteiger partial charge in [0, 0.05) is 23.3 Å². The molecule has 0 N–H and O–H groups in total. The average molecular weight is 409 g/mol. The summed E-state index contributed by atoms with van der Waals surface area (Å²) in [7, 11) is 3.07. The minimum atomic E-state index is -0.145. The van der Waals surface area contributed by atoms with Crippen LogP contribution in [0.3, 0.4) is 0 Å². The number of methoxy groups -OCH3 is 1. The summed E-state index contributed by atoms with van der Waals surface area (Å²) in [6, 6.07) is 5.04. The summed E-state index contributed by atoms with van der Waals surface area (Å²) in [6.07, 6.45) is 3.74. The van der Waals surface area contributed by atoms with Crippen LogP contribution in [0.15, 0.2) is 45.1 Å². The largest absolute Gasteiger partial charge is 0.496 e. The minimum absolute atomic E-state index is 0.145. The van der Waals surface area contributed by atoms with Crippen molar-refractivity contribution in [1.82, 2.24) is 4.90 Å². The van der Waals surface area contributed by atoms with Gasteiger partial charge in [-0.05, 0) is 38.5 Å². The third-order valence-electron chi connectivity index (χ3n) is 4.18. The van der Waals surface area contributed by atoms with Crippen molar-refractivity contribution in [2.24, 2.45) is 5.16 Å². The fourth-order valence-electron chi connectivity index (χ4n) is 2.80. The van der Waals surface area contributed by atoms with Crippen molar-refractivity contribution in [3.63, 3.8) is 0 Å². The molecule has 0 saturated carbocycles. The number of rotatable bonds is 8. The van der Waals surface area contributed by atoms with Gasteiger partial charge in [0.2, 0.25) is 0 Å². The number of unbranched alkanes of at least 4 members (excludes halogenated alkanes) is 1. The Morgan fingerprint density at radius 3 is 2.74 bits per heavy atom. The number of nitrogens with zero attached hydrogens (tertiary/aromatic N) is 2. The Morgan fingerprint density at radius 1 is 1.37 bits per heavy atom. The molecule has 0 saturated heterocycles. The van der Waals surface area contributed by atoms with E-state index in [-0.39, 0.29) is 5.78 Å². The van der Waals surface area contributed by atoms with E-state index in [0.29, 0.717) is 16.3 Å². The van der Waals surface area contributed by atoms with Crippen LogP contribution in [0.4, 0.5) is 0 Å². The number of hydrogen-bond acceptors (Lipinski definition) is 6. The minimum Gasteiger partial charge on any atom is -0.496 e. The standard InChI is InChI=1S/C20H25ClN2O3S/c1-6-7-10-23-14(3)20(13(2)22-26-5)27-19(23)12-17(24)16-11-15(21)8-9-18(16)25-4/h8-9,11-12H,6-7,10H2,1-5H3/b19-12-,22-13+. The average Bonchev–Trinajstić information content (AvgIpc) is 2.95. The molecule has 5 nitrogen and oxygen atoms in total.